The molecule has 158 valence electrons. The highest BCUT2D eigenvalue weighted by molar-refractivity contribution is 9.10. The second kappa shape index (κ2) is 10.2. The minimum Gasteiger partial charge on any atom is -0.467 e. The van der Waals surface area contributed by atoms with E-state index in [1.165, 1.54) is 0 Å². The largest absolute Gasteiger partial charge is 0.467 e. The highest BCUT2D eigenvalue weighted by Gasteiger charge is 2.17. The first-order chi connectivity index (χ1) is 15.2. The van der Waals surface area contributed by atoms with Gasteiger partial charge in [0.05, 0.1) is 12.8 Å². The smallest absolute Gasteiger partial charge is 0.228 e. The van der Waals surface area contributed by atoms with E-state index in [1.54, 1.807) is 11.2 Å². The Labute approximate surface area is 189 Å². The Hall–Kier alpha value is -3.19. The Morgan fingerprint density at radius 3 is 2.52 bits per heavy atom. The summed E-state index contributed by atoms with van der Waals surface area (Å²) in [5.74, 6) is 1.84. The number of benzene rings is 2. The third-order valence-corrected chi connectivity index (χ3v) is 5.44. The maximum absolute atomic E-state index is 12.9. The molecule has 0 aliphatic carbocycles. The van der Waals surface area contributed by atoms with E-state index in [0.717, 1.165) is 21.4 Å². The van der Waals surface area contributed by atoms with E-state index < -0.39 is 0 Å². The van der Waals surface area contributed by atoms with E-state index in [2.05, 4.69) is 26.1 Å². The molecule has 6 nitrogen and oxygen atoms in total. The minimum atomic E-state index is 0.0629. The summed E-state index contributed by atoms with van der Waals surface area (Å²) in [7, 11) is 0. The maximum Gasteiger partial charge on any atom is 0.228 e. The molecule has 0 aliphatic rings. The number of rotatable bonds is 9. The first-order valence-electron chi connectivity index (χ1n) is 10.1. The highest BCUT2D eigenvalue weighted by atomic mass is 79.9. The van der Waals surface area contributed by atoms with Crippen molar-refractivity contribution >= 4 is 21.8 Å². The number of halogens is 1. The molecule has 2 aromatic heterocycles. The molecule has 0 saturated carbocycles. The standard InChI is InChI=1S/C24H22BrN3O3/c25-20-11-9-19(10-12-20)24-26-22(31-27-24)14-15-28(17-21-7-4-16-30-21)23(29)13-8-18-5-2-1-3-6-18/h1-7,9-12,16H,8,13-15,17H2. The number of carbonyl (C=O) groups excluding carboxylic acids is 1. The fraction of sp³-hybridized carbons (Fsp3) is 0.208. The number of hydrogen-bond acceptors (Lipinski definition) is 5. The summed E-state index contributed by atoms with van der Waals surface area (Å²) < 4.78 is 11.8. The number of furan rings is 1. The molecule has 0 spiro atoms. The van der Waals surface area contributed by atoms with Gasteiger partial charge in [-0.2, -0.15) is 4.98 Å². The van der Waals surface area contributed by atoms with Gasteiger partial charge in [-0.1, -0.05) is 51.4 Å². The lowest BCUT2D eigenvalue weighted by Gasteiger charge is -2.21. The number of hydrogen-bond donors (Lipinski definition) is 0. The van der Waals surface area contributed by atoms with E-state index in [0.29, 0.717) is 44.1 Å². The third kappa shape index (κ3) is 5.92. The van der Waals surface area contributed by atoms with Crippen LogP contribution in [0.4, 0.5) is 0 Å². The Morgan fingerprint density at radius 2 is 1.77 bits per heavy atom. The molecule has 0 radical (unpaired) electrons. The Kier molecular flexibility index (Phi) is 6.94. The van der Waals surface area contributed by atoms with Gasteiger partial charge in [-0.05, 0) is 48.4 Å². The average Bonchev–Trinajstić information content (AvgIpc) is 3.48. The van der Waals surface area contributed by atoms with Crippen molar-refractivity contribution in [1.29, 1.82) is 0 Å². The molecule has 4 rings (SSSR count). The minimum absolute atomic E-state index is 0.0629. The predicted octanol–water partition coefficient (Wildman–Crippen LogP) is 5.30. The van der Waals surface area contributed by atoms with Crippen molar-refractivity contribution in [3.8, 4) is 11.4 Å². The van der Waals surface area contributed by atoms with Crippen LogP contribution >= 0.6 is 15.9 Å². The van der Waals surface area contributed by atoms with E-state index >= 15 is 0 Å². The van der Waals surface area contributed by atoms with Gasteiger partial charge in [0, 0.05) is 29.4 Å². The van der Waals surface area contributed by atoms with Crippen LogP contribution in [0.5, 0.6) is 0 Å². The number of aromatic nitrogens is 2. The molecular weight excluding hydrogens is 458 g/mol. The van der Waals surface area contributed by atoms with Crippen LogP contribution in [-0.4, -0.2) is 27.5 Å². The van der Waals surface area contributed by atoms with Gasteiger partial charge in [0.15, 0.2) is 0 Å². The van der Waals surface area contributed by atoms with Gasteiger partial charge in [-0.15, -0.1) is 0 Å². The number of carbonyl (C=O) groups is 1. The van der Waals surface area contributed by atoms with Crippen molar-refractivity contribution < 1.29 is 13.7 Å². The monoisotopic (exact) mass is 479 g/mol. The summed E-state index contributed by atoms with van der Waals surface area (Å²) in [5, 5.41) is 4.07. The lowest BCUT2D eigenvalue weighted by molar-refractivity contribution is -0.132. The quantitative estimate of drug-likeness (QED) is 0.325. The van der Waals surface area contributed by atoms with E-state index in [9.17, 15) is 4.79 Å². The number of amides is 1. The lowest BCUT2D eigenvalue weighted by Crippen LogP contribution is -2.32. The van der Waals surface area contributed by atoms with Crippen LogP contribution in [0.15, 0.2) is 86.4 Å². The van der Waals surface area contributed by atoms with E-state index in [4.69, 9.17) is 8.94 Å². The summed E-state index contributed by atoms with van der Waals surface area (Å²) in [6.07, 6.45) is 3.22. The fourth-order valence-corrected chi connectivity index (χ4v) is 3.50. The zero-order valence-electron chi connectivity index (χ0n) is 16.9. The first kappa shape index (κ1) is 21.1. The number of nitrogens with zero attached hydrogens (tertiary/aromatic N) is 3. The molecule has 4 aromatic rings. The topological polar surface area (TPSA) is 72.4 Å². The SMILES string of the molecule is O=C(CCc1ccccc1)N(CCc1nc(-c2ccc(Br)cc2)no1)Cc1ccco1. The van der Waals surface area contributed by atoms with Crippen molar-refractivity contribution in [3.63, 3.8) is 0 Å². The van der Waals surface area contributed by atoms with Gasteiger partial charge in [-0.25, -0.2) is 0 Å². The fourth-order valence-electron chi connectivity index (χ4n) is 3.24. The summed E-state index contributed by atoms with van der Waals surface area (Å²) in [5.41, 5.74) is 2.02. The summed E-state index contributed by atoms with van der Waals surface area (Å²) in [4.78, 5) is 19.2. The highest BCUT2D eigenvalue weighted by Crippen LogP contribution is 2.19. The molecule has 2 aromatic carbocycles. The molecule has 1 amide bonds. The molecule has 0 bridgehead atoms. The normalized spacial score (nSPS) is 10.9. The van der Waals surface area contributed by atoms with E-state index in [-0.39, 0.29) is 5.91 Å². The van der Waals surface area contributed by atoms with Crippen molar-refractivity contribution in [2.24, 2.45) is 0 Å². The Morgan fingerprint density at radius 1 is 0.968 bits per heavy atom. The first-order valence-corrected chi connectivity index (χ1v) is 10.9. The molecule has 0 N–H and O–H groups in total. The molecular formula is C24H22BrN3O3. The van der Waals surface area contributed by atoms with Crippen LogP contribution in [-0.2, 0) is 24.2 Å². The molecule has 0 fully saturated rings. The molecule has 31 heavy (non-hydrogen) atoms. The van der Waals surface area contributed by atoms with Crippen molar-refractivity contribution in [2.45, 2.75) is 25.8 Å². The van der Waals surface area contributed by atoms with Crippen molar-refractivity contribution in [3.05, 3.63) is 94.7 Å². The van der Waals surface area contributed by atoms with Gasteiger partial charge in [-0.3, -0.25) is 4.79 Å². The molecule has 0 saturated heterocycles. The van der Waals surface area contributed by atoms with Crippen molar-refractivity contribution in [2.75, 3.05) is 6.54 Å². The van der Waals surface area contributed by atoms with Crippen molar-refractivity contribution in [1.82, 2.24) is 15.0 Å². The van der Waals surface area contributed by atoms with Crippen LogP contribution < -0.4 is 0 Å². The van der Waals surface area contributed by atoms with E-state index in [1.807, 2.05) is 66.7 Å². The Balaban J connectivity index is 1.40. The molecule has 0 atom stereocenters. The molecule has 0 aliphatic heterocycles. The predicted molar refractivity (Wildman–Crippen MR) is 120 cm³/mol. The van der Waals surface area contributed by atoms with Crippen LogP contribution in [0.2, 0.25) is 0 Å². The number of aryl methyl sites for hydroxylation is 1. The zero-order valence-corrected chi connectivity index (χ0v) is 18.5. The molecule has 7 heteroatoms. The maximum atomic E-state index is 12.9. The summed E-state index contributed by atoms with van der Waals surface area (Å²) in [6, 6.07) is 21.4. The summed E-state index contributed by atoms with van der Waals surface area (Å²) in [6.45, 7) is 0.880. The van der Waals surface area contributed by atoms with Gasteiger partial charge in [0.1, 0.15) is 5.76 Å². The van der Waals surface area contributed by atoms with Gasteiger partial charge >= 0.3 is 0 Å². The van der Waals surface area contributed by atoms with Crippen LogP contribution in [0.1, 0.15) is 23.6 Å². The lowest BCUT2D eigenvalue weighted by atomic mass is 10.1. The third-order valence-electron chi connectivity index (χ3n) is 4.92. The Bertz CT molecular complexity index is 1090. The van der Waals surface area contributed by atoms with Crippen LogP contribution in [0.25, 0.3) is 11.4 Å². The zero-order chi connectivity index (χ0) is 21.5. The van der Waals surface area contributed by atoms with Gasteiger partial charge in [0.2, 0.25) is 17.6 Å². The second-order valence-corrected chi connectivity index (χ2v) is 8.06. The van der Waals surface area contributed by atoms with Gasteiger partial charge in [0.25, 0.3) is 0 Å². The average molecular weight is 480 g/mol. The van der Waals surface area contributed by atoms with Crippen LogP contribution in [0, 0.1) is 0 Å². The second-order valence-electron chi connectivity index (χ2n) is 7.15. The molecule has 0 unspecified atom stereocenters. The summed E-state index contributed by atoms with van der Waals surface area (Å²) >= 11 is 3.42. The van der Waals surface area contributed by atoms with Gasteiger partial charge < -0.3 is 13.8 Å². The molecule has 2 heterocycles. The van der Waals surface area contributed by atoms with Crippen LogP contribution in [0.3, 0.4) is 0 Å².